The number of hydrogen-bond donors (Lipinski definition) is 3. The smallest absolute Gasteiger partial charge is 0.339 e. The summed E-state index contributed by atoms with van der Waals surface area (Å²) in [4.78, 5) is 19.8. The summed E-state index contributed by atoms with van der Waals surface area (Å²) in [6, 6.07) is 1.75. The molecule has 0 aliphatic carbocycles. The van der Waals surface area contributed by atoms with Crippen molar-refractivity contribution in [3.63, 3.8) is 0 Å². The molecule has 2 rings (SSSR count). The molecule has 1 saturated heterocycles. The van der Waals surface area contributed by atoms with E-state index >= 15 is 0 Å². The summed E-state index contributed by atoms with van der Waals surface area (Å²) in [5, 5.41) is 12.3. The number of rotatable bonds is 4. The average Bonchev–Trinajstić information content (AvgIpc) is 2.40. The lowest BCUT2D eigenvalue weighted by atomic mass is 10.1. The Hall–Kier alpha value is -1.86. The van der Waals surface area contributed by atoms with Crippen LogP contribution in [0.3, 0.4) is 0 Å². The summed E-state index contributed by atoms with van der Waals surface area (Å²) in [6.07, 6.45) is 1.46. The SMILES string of the molecule is CN1CCN(C)C(CNc2ncc(N)cc2C(=O)O)C1. The van der Waals surface area contributed by atoms with Crippen LogP contribution >= 0.6 is 0 Å². The quantitative estimate of drug-likeness (QED) is 0.715. The van der Waals surface area contributed by atoms with E-state index < -0.39 is 5.97 Å². The Balaban J connectivity index is 2.05. The predicted octanol–water partition coefficient (Wildman–Crippen LogP) is 0.0197. The van der Waals surface area contributed by atoms with Crippen molar-refractivity contribution in [2.45, 2.75) is 6.04 Å². The number of nitrogen functional groups attached to an aromatic ring is 1. The molecular formula is C13H21N5O2. The lowest BCUT2D eigenvalue weighted by Gasteiger charge is -2.37. The van der Waals surface area contributed by atoms with Crippen molar-refractivity contribution < 1.29 is 9.90 Å². The predicted molar refractivity (Wildman–Crippen MR) is 78.0 cm³/mol. The Morgan fingerprint density at radius 2 is 2.30 bits per heavy atom. The van der Waals surface area contributed by atoms with Crippen LogP contribution in [0, 0.1) is 0 Å². The molecule has 7 nitrogen and oxygen atoms in total. The van der Waals surface area contributed by atoms with Crippen molar-refractivity contribution >= 4 is 17.5 Å². The third-order valence-electron chi connectivity index (χ3n) is 3.62. The van der Waals surface area contributed by atoms with Gasteiger partial charge in [0.1, 0.15) is 11.4 Å². The Morgan fingerprint density at radius 3 is 3.00 bits per heavy atom. The number of nitrogens with zero attached hydrogens (tertiary/aromatic N) is 3. The standard InChI is InChI=1S/C13H21N5O2/c1-17-3-4-18(2)10(8-17)7-16-12-11(13(19)20)5-9(14)6-15-12/h5-6,10H,3-4,7-8,14H2,1-2H3,(H,15,16)(H,19,20). The van der Waals surface area contributed by atoms with E-state index in [2.05, 4.69) is 34.2 Å². The van der Waals surface area contributed by atoms with E-state index in [1.807, 2.05) is 0 Å². The van der Waals surface area contributed by atoms with Crippen LogP contribution in [0.4, 0.5) is 11.5 Å². The molecule has 7 heteroatoms. The maximum atomic E-state index is 11.2. The number of nitrogens with one attached hydrogen (secondary N) is 1. The molecule has 1 aromatic rings. The molecule has 0 amide bonds. The minimum Gasteiger partial charge on any atom is -0.478 e. The molecule has 1 aromatic heterocycles. The summed E-state index contributed by atoms with van der Waals surface area (Å²) in [7, 11) is 4.16. The number of carbonyl (C=O) groups is 1. The number of anilines is 2. The van der Waals surface area contributed by atoms with Gasteiger partial charge < -0.3 is 21.1 Å². The molecule has 2 heterocycles. The van der Waals surface area contributed by atoms with Crippen LogP contribution in [-0.2, 0) is 0 Å². The number of nitrogens with two attached hydrogens (primary N) is 1. The third kappa shape index (κ3) is 3.37. The van der Waals surface area contributed by atoms with Gasteiger partial charge in [-0.15, -0.1) is 0 Å². The molecule has 0 radical (unpaired) electrons. The van der Waals surface area contributed by atoms with Gasteiger partial charge in [-0.1, -0.05) is 0 Å². The third-order valence-corrected chi connectivity index (χ3v) is 3.62. The van der Waals surface area contributed by atoms with Crippen LogP contribution in [0.5, 0.6) is 0 Å². The molecule has 0 bridgehead atoms. The van der Waals surface area contributed by atoms with Crippen molar-refractivity contribution in [2.75, 3.05) is 51.3 Å². The fourth-order valence-corrected chi connectivity index (χ4v) is 2.32. The van der Waals surface area contributed by atoms with Gasteiger partial charge in [0, 0.05) is 32.2 Å². The molecule has 1 fully saturated rings. The van der Waals surface area contributed by atoms with Gasteiger partial charge in [0.15, 0.2) is 0 Å². The second-order valence-electron chi connectivity index (χ2n) is 5.25. The van der Waals surface area contributed by atoms with Crippen LogP contribution in [0.2, 0.25) is 0 Å². The van der Waals surface area contributed by atoms with Crippen LogP contribution < -0.4 is 11.1 Å². The number of likely N-dealkylation sites (N-methyl/N-ethyl adjacent to an activating group) is 2. The maximum Gasteiger partial charge on any atom is 0.339 e. The van der Waals surface area contributed by atoms with Gasteiger partial charge >= 0.3 is 5.97 Å². The Morgan fingerprint density at radius 1 is 1.55 bits per heavy atom. The molecule has 4 N–H and O–H groups in total. The second kappa shape index (κ2) is 6.06. The van der Waals surface area contributed by atoms with Gasteiger partial charge in [0.05, 0.1) is 11.9 Å². The van der Waals surface area contributed by atoms with E-state index in [4.69, 9.17) is 10.8 Å². The molecule has 0 spiro atoms. The molecule has 1 atom stereocenters. The van der Waals surface area contributed by atoms with Crippen molar-refractivity contribution in [1.82, 2.24) is 14.8 Å². The van der Waals surface area contributed by atoms with Crippen molar-refractivity contribution in [3.05, 3.63) is 17.8 Å². The Bertz CT molecular complexity index is 494. The van der Waals surface area contributed by atoms with Crippen molar-refractivity contribution in [1.29, 1.82) is 0 Å². The fraction of sp³-hybridized carbons (Fsp3) is 0.538. The zero-order valence-corrected chi connectivity index (χ0v) is 11.8. The topological polar surface area (TPSA) is 94.7 Å². The number of hydrogen-bond acceptors (Lipinski definition) is 6. The van der Waals surface area contributed by atoms with Gasteiger partial charge in [-0.25, -0.2) is 9.78 Å². The zero-order chi connectivity index (χ0) is 14.7. The number of carboxylic acids is 1. The molecule has 0 aromatic carbocycles. The monoisotopic (exact) mass is 279 g/mol. The first-order valence-corrected chi connectivity index (χ1v) is 6.59. The summed E-state index contributed by atoms with van der Waals surface area (Å²) in [5.74, 6) is -0.658. The van der Waals surface area contributed by atoms with Crippen LogP contribution in [0.1, 0.15) is 10.4 Å². The first-order chi connectivity index (χ1) is 9.47. The highest BCUT2D eigenvalue weighted by molar-refractivity contribution is 5.94. The number of carboxylic acid groups (broad SMARTS) is 1. The largest absolute Gasteiger partial charge is 0.478 e. The van der Waals surface area contributed by atoms with E-state index in [1.165, 1.54) is 12.3 Å². The molecule has 1 aliphatic rings. The minimum atomic E-state index is -1.03. The first-order valence-electron chi connectivity index (χ1n) is 6.59. The Labute approximate surface area is 118 Å². The van der Waals surface area contributed by atoms with E-state index in [1.54, 1.807) is 0 Å². The number of aromatic nitrogens is 1. The highest BCUT2D eigenvalue weighted by Gasteiger charge is 2.22. The lowest BCUT2D eigenvalue weighted by molar-refractivity contribution is 0.0697. The molecule has 1 aliphatic heterocycles. The van der Waals surface area contributed by atoms with Crippen LogP contribution in [-0.4, -0.2) is 72.2 Å². The average molecular weight is 279 g/mol. The fourth-order valence-electron chi connectivity index (χ4n) is 2.32. The summed E-state index contributed by atoms with van der Waals surface area (Å²) in [6.45, 7) is 3.65. The second-order valence-corrected chi connectivity index (χ2v) is 5.25. The van der Waals surface area contributed by atoms with Crippen LogP contribution in [0.15, 0.2) is 12.3 Å². The highest BCUT2D eigenvalue weighted by atomic mass is 16.4. The first kappa shape index (κ1) is 14.5. The van der Waals surface area contributed by atoms with Gasteiger partial charge in [0.25, 0.3) is 0 Å². The van der Waals surface area contributed by atoms with Gasteiger partial charge in [0.2, 0.25) is 0 Å². The van der Waals surface area contributed by atoms with Crippen molar-refractivity contribution in [3.8, 4) is 0 Å². The molecular weight excluding hydrogens is 258 g/mol. The molecule has 20 heavy (non-hydrogen) atoms. The van der Waals surface area contributed by atoms with Gasteiger partial charge in [-0.05, 0) is 20.2 Å². The lowest BCUT2D eigenvalue weighted by Crippen LogP contribution is -2.52. The van der Waals surface area contributed by atoms with Crippen LogP contribution in [0.25, 0.3) is 0 Å². The maximum absolute atomic E-state index is 11.2. The molecule has 0 saturated carbocycles. The summed E-state index contributed by atoms with van der Waals surface area (Å²) < 4.78 is 0. The number of pyridine rings is 1. The van der Waals surface area contributed by atoms with E-state index in [-0.39, 0.29) is 5.56 Å². The minimum absolute atomic E-state index is 0.108. The van der Waals surface area contributed by atoms with Gasteiger partial charge in [-0.3, -0.25) is 4.90 Å². The number of aromatic carboxylic acids is 1. The molecule has 1 unspecified atom stereocenters. The summed E-state index contributed by atoms with van der Waals surface area (Å²) in [5.41, 5.74) is 6.03. The molecule has 110 valence electrons. The Kier molecular flexibility index (Phi) is 4.41. The normalized spacial score (nSPS) is 20.8. The zero-order valence-electron chi connectivity index (χ0n) is 11.8. The van der Waals surface area contributed by atoms with Crippen molar-refractivity contribution in [2.24, 2.45) is 0 Å². The number of piperazine rings is 1. The van der Waals surface area contributed by atoms with E-state index in [9.17, 15) is 4.79 Å². The van der Waals surface area contributed by atoms with E-state index in [0.29, 0.717) is 24.1 Å². The summed E-state index contributed by atoms with van der Waals surface area (Å²) >= 11 is 0. The van der Waals surface area contributed by atoms with E-state index in [0.717, 1.165) is 19.6 Å². The highest BCUT2D eigenvalue weighted by Crippen LogP contribution is 2.16. The van der Waals surface area contributed by atoms with Gasteiger partial charge in [-0.2, -0.15) is 0 Å².